The fourth-order valence-electron chi connectivity index (χ4n) is 5.60. The average Bonchev–Trinajstić information content (AvgIpc) is 3.50. The Balaban J connectivity index is 1.31. The summed E-state index contributed by atoms with van der Waals surface area (Å²) in [6.07, 6.45) is 1.63. The molecule has 0 amide bonds. The molecule has 34 heavy (non-hydrogen) atoms. The summed E-state index contributed by atoms with van der Waals surface area (Å²) in [5, 5.41) is 9.24. The molecule has 1 aliphatic carbocycles. The van der Waals surface area contributed by atoms with Crippen molar-refractivity contribution in [3.8, 4) is 11.5 Å². The standard InChI is InChI=1S/C26H28F3NO4/c27-26(28,29)22-11-16(5-10-24(22)34-20-3-1-2-4-20)15-33-21-9-6-17-12-18-7-8-19(13-25(31)32)30(18)23(17)14-21/h5-6,9-11,14,18-20H,1-4,7-8,12-13,15H2,(H,31,32). The highest BCUT2D eigenvalue weighted by atomic mass is 19.4. The number of carboxylic acid groups (broad SMARTS) is 1. The Morgan fingerprint density at radius 2 is 1.85 bits per heavy atom. The first-order valence-corrected chi connectivity index (χ1v) is 11.9. The van der Waals surface area contributed by atoms with Gasteiger partial charge in [0, 0.05) is 23.8 Å². The number of aliphatic carboxylic acids is 1. The second-order valence-corrected chi connectivity index (χ2v) is 9.53. The lowest BCUT2D eigenvalue weighted by atomic mass is 10.0. The van der Waals surface area contributed by atoms with Gasteiger partial charge in [0.1, 0.15) is 18.1 Å². The van der Waals surface area contributed by atoms with Crippen LogP contribution >= 0.6 is 0 Å². The molecular formula is C26H28F3NO4. The predicted octanol–water partition coefficient (Wildman–Crippen LogP) is 5.97. The summed E-state index contributed by atoms with van der Waals surface area (Å²) < 4.78 is 52.6. The molecule has 2 unspecified atom stereocenters. The molecule has 1 N–H and O–H groups in total. The summed E-state index contributed by atoms with van der Waals surface area (Å²) in [6.45, 7) is -0.00639. The van der Waals surface area contributed by atoms with Crippen LogP contribution in [-0.4, -0.2) is 29.3 Å². The van der Waals surface area contributed by atoms with Crippen molar-refractivity contribution < 1.29 is 32.5 Å². The van der Waals surface area contributed by atoms with Crippen LogP contribution in [0.5, 0.6) is 11.5 Å². The summed E-state index contributed by atoms with van der Waals surface area (Å²) in [4.78, 5) is 13.4. The summed E-state index contributed by atoms with van der Waals surface area (Å²) in [6, 6.07) is 10.1. The fraction of sp³-hybridized carbons (Fsp3) is 0.500. The van der Waals surface area contributed by atoms with E-state index in [-0.39, 0.29) is 30.9 Å². The maximum absolute atomic E-state index is 13.7. The number of rotatable bonds is 7. The SMILES string of the molecule is O=C(O)CC1CCC2Cc3ccc(OCc4ccc(OC5CCCC5)c(C(F)(F)F)c4)cc3N12. The molecule has 2 aromatic carbocycles. The lowest BCUT2D eigenvalue weighted by Crippen LogP contribution is -2.34. The summed E-state index contributed by atoms with van der Waals surface area (Å²) >= 11 is 0. The summed E-state index contributed by atoms with van der Waals surface area (Å²) in [7, 11) is 0. The second-order valence-electron chi connectivity index (χ2n) is 9.53. The quantitative estimate of drug-likeness (QED) is 0.534. The molecule has 2 heterocycles. The molecule has 0 radical (unpaired) electrons. The zero-order valence-corrected chi connectivity index (χ0v) is 18.8. The van der Waals surface area contributed by atoms with Crippen molar-refractivity contribution in [2.24, 2.45) is 0 Å². The molecular weight excluding hydrogens is 447 g/mol. The smallest absolute Gasteiger partial charge is 0.419 e. The van der Waals surface area contributed by atoms with Crippen molar-refractivity contribution >= 4 is 11.7 Å². The van der Waals surface area contributed by atoms with Crippen LogP contribution in [0, 0.1) is 0 Å². The van der Waals surface area contributed by atoms with Crippen LogP contribution < -0.4 is 14.4 Å². The highest BCUT2D eigenvalue weighted by Crippen LogP contribution is 2.44. The number of carbonyl (C=O) groups is 1. The van der Waals surface area contributed by atoms with Crippen molar-refractivity contribution in [2.45, 2.75) is 82.3 Å². The first-order chi connectivity index (χ1) is 16.3. The van der Waals surface area contributed by atoms with Crippen LogP contribution in [0.25, 0.3) is 0 Å². The average molecular weight is 476 g/mol. The number of carboxylic acids is 1. The van der Waals surface area contributed by atoms with Gasteiger partial charge in [0.15, 0.2) is 0 Å². The number of ether oxygens (including phenoxy) is 2. The van der Waals surface area contributed by atoms with Gasteiger partial charge in [0.05, 0.1) is 18.1 Å². The van der Waals surface area contributed by atoms with Crippen molar-refractivity contribution in [2.75, 3.05) is 4.90 Å². The minimum Gasteiger partial charge on any atom is -0.490 e. The van der Waals surface area contributed by atoms with Gasteiger partial charge in [-0.2, -0.15) is 13.2 Å². The molecule has 2 aliphatic heterocycles. The van der Waals surface area contributed by atoms with Gasteiger partial charge in [-0.1, -0.05) is 12.1 Å². The monoisotopic (exact) mass is 475 g/mol. The normalized spacial score (nSPS) is 22.0. The molecule has 1 saturated heterocycles. The van der Waals surface area contributed by atoms with E-state index >= 15 is 0 Å². The van der Waals surface area contributed by atoms with Gasteiger partial charge >= 0.3 is 12.1 Å². The van der Waals surface area contributed by atoms with Crippen molar-refractivity contribution in [3.63, 3.8) is 0 Å². The molecule has 5 nitrogen and oxygen atoms in total. The van der Waals surface area contributed by atoms with E-state index in [1.165, 1.54) is 6.07 Å². The molecule has 182 valence electrons. The van der Waals surface area contributed by atoms with E-state index in [4.69, 9.17) is 9.47 Å². The van der Waals surface area contributed by atoms with Crippen molar-refractivity contribution in [1.29, 1.82) is 0 Å². The van der Waals surface area contributed by atoms with E-state index in [0.717, 1.165) is 62.3 Å². The maximum atomic E-state index is 13.7. The Kier molecular flexibility index (Phi) is 6.08. The van der Waals surface area contributed by atoms with Crippen molar-refractivity contribution in [3.05, 3.63) is 53.1 Å². The number of anilines is 1. The van der Waals surface area contributed by atoms with E-state index < -0.39 is 17.7 Å². The predicted molar refractivity (Wildman–Crippen MR) is 120 cm³/mol. The van der Waals surface area contributed by atoms with Crippen LogP contribution in [0.2, 0.25) is 0 Å². The van der Waals surface area contributed by atoms with Crippen LogP contribution in [0.4, 0.5) is 18.9 Å². The highest BCUT2D eigenvalue weighted by Gasteiger charge is 2.40. The van der Waals surface area contributed by atoms with E-state index in [0.29, 0.717) is 17.4 Å². The van der Waals surface area contributed by atoms with Gasteiger partial charge in [-0.25, -0.2) is 0 Å². The third kappa shape index (κ3) is 4.68. The number of nitrogens with zero attached hydrogens (tertiary/aromatic N) is 1. The van der Waals surface area contributed by atoms with Gasteiger partial charge in [-0.15, -0.1) is 0 Å². The zero-order chi connectivity index (χ0) is 23.9. The van der Waals surface area contributed by atoms with Crippen molar-refractivity contribution in [1.82, 2.24) is 0 Å². The first kappa shape index (κ1) is 22.9. The van der Waals surface area contributed by atoms with Crippen LogP contribution in [0.15, 0.2) is 36.4 Å². The number of alkyl halides is 3. The fourth-order valence-corrected chi connectivity index (χ4v) is 5.60. The molecule has 0 spiro atoms. The minimum absolute atomic E-state index is 0.00639. The van der Waals surface area contributed by atoms with E-state index in [9.17, 15) is 23.1 Å². The first-order valence-electron chi connectivity index (χ1n) is 11.9. The van der Waals surface area contributed by atoms with Gasteiger partial charge in [-0.05, 0) is 74.3 Å². The Hall–Kier alpha value is -2.90. The molecule has 5 rings (SSSR count). The molecule has 8 heteroatoms. The maximum Gasteiger partial charge on any atom is 0.419 e. The largest absolute Gasteiger partial charge is 0.490 e. The Morgan fingerprint density at radius 1 is 1.06 bits per heavy atom. The third-order valence-electron chi connectivity index (χ3n) is 7.17. The summed E-state index contributed by atoms with van der Waals surface area (Å²) in [5.41, 5.74) is 1.77. The number of hydrogen-bond donors (Lipinski definition) is 1. The molecule has 3 aliphatic rings. The molecule has 2 fully saturated rings. The number of hydrogen-bond acceptors (Lipinski definition) is 4. The molecule has 0 bridgehead atoms. The van der Waals surface area contributed by atoms with Crippen LogP contribution in [0.1, 0.15) is 61.6 Å². The Morgan fingerprint density at radius 3 is 2.59 bits per heavy atom. The Labute approximate surface area is 196 Å². The number of benzene rings is 2. The van der Waals surface area contributed by atoms with E-state index in [2.05, 4.69) is 4.90 Å². The minimum atomic E-state index is -4.51. The highest BCUT2D eigenvalue weighted by molar-refractivity contribution is 5.71. The molecule has 1 saturated carbocycles. The van der Waals surface area contributed by atoms with E-state index in [1.54, 1.807) is 6.07 Å². The van der Waals surface area contributed by atoms with E-state index in [1.807, 2.05) is 18.2 Å². The van der Waals surface area contributed by atoms with Crippen LogP contribution in [-0.2, 0) is 24.0 Å². The third-order valence-corrected chi connectivity index (χ3v) is 7.17. The zero-order valence-electron chi connectivity index (χ0n) is 18.8. The van der Waals surface area contributed by atoms with Gasteiger partial charge < -0.3 is 19.5 Å². The molecule has 0 aromatic heterocycles. The van der Waals surface area contributed by atoms with Gasteiger partial charge in [-0.3, -0.25) is 4.79 Å². The Bertz CT molecular complexity index is 1060. The summed E-state index contributed by atoms with van der Waals surface area (Å²) in [5.74, 6) is -0.377. The van der Waals surface area contributed by atoms with Gasteiger partial charge in [0.25, 0.3) is 0 Å². The molecule has 2 aromatic rings. The molecule has 2 atom stereocenters. The lowest BCUT2D eigenvalue weighted by Gasteiger charge is -2.26. The number of halogens is 3. The number of fused-ring (bicyclic) bond motifs is 3. The second kappa shape index (κ2) is 9.04. The van der Waals surface area contributed by atoms with Gasteiger partial charge in [0.2, 0.25) is 0 Å². The lowest BCUT2D eigenvalue weighted by molar-refractivity contribution is -0.139. The topological polar surface area (TPSA) is 59.0 Å². The van der Waals surface area contributed by atoms with Crippen LogP contribution in [0.3, 0.4) is 0 Å².